The monoisotopic (exact) mass is 269 g/mol. The Morgan fingerprint density at radius 2 is 1.89 bits per heavy atom. The predicted octanol–water partition coefficient (Wildman–Crippen LogP) is 1.57. The summed E-state index contributed by atoms with van der Waals surface area (Å²) in [4.78, 5) is 22.2. The SMILES string of the molecule is CC(C)(CC(=O)O)NC(=O)COc1ccc(F)cc1. The quantitative estimate of drug-likeness (QED) is 0.822. The lowest BCUT2D eigenvalue weighted by atomic mass is 10.0. The van der Waals surface area contributed by atoms with Gasteiger partial charge in [0.25, 0.3) is 5.91 Å². The maximum atomic E-state index is 12.6. The van der Waals surface area contributed by atoms with Crippen LogP contribution in [0.1, 0.15) is 20.3 Å². The van der Waals surface area contributed by atoms with E-state index in [1.54, 1.807) is 13.8 Å². The fraction of sp³-hybridized carbons (Fsp3) is 0.385. The van der Waals surface area contributed by atoms with Gasteiger partial charge in [0.2, 0.25) is 0 Å². The summed E-state index contributed by atoms with van der Waals surface area (Å²) in [6.45, 7) is 2.96. The molecule has 1 rings (SSSR count). The molecule has 0 unspecified atom stereocenters. The van der Waals surface area contributed by atoms with E-state index in [-0.39, 0.29) is 18.8 Å². The van der Waals surface area contributed by atoms with Crippen molar-refractivity contribution < 1.29 is 23.8 Å². The summed E-state index contributed by atoms with van der Waals surface area (Å²) in [7, 11) is 0. The first-order valence-corrected chi connectivity index (χ1v) is 5.70. The summed E-state index contributed by atoms with van der Waals surface area (Å²) in [5.41, 5.74) is -0.852. The summed E-state index contributed by atoms with van der Waals surface area (Å²) in [6.07, 6.45) is -0.185. The van der Waals surface area contributed by atoms with Gasteiger partial charge in [0.05, 0.1) is 6.42 Å². The van der Waals surface area contributed by atoms with Crippen LogP contribution in [0.3, 0.4) is 0 Å². The number of carboxylic acid groups (broad SMARTS) is 1. The minimum atomic E-state index is -0.996. The van der Waals surface area contributed by atoms with Crippen LogP contribution in [0.2, 0.25) is 0 Å². The lowest BCUT2D eigenvalue weighted by Crippen LogP contribution is -2.46. The van der Waals surface area contributed by atoms with Crippen LogP contribution in [0.15, 0.2) is 24.3 Å². The number of hydrogen-bond acceptors (Lipinski definition) is 3. The van der Waals surface area contributed by atoms with Crippen LogP contribution >= 0.6 is 0 Å². The second-order valence-corrected chi connectivity index (χ2v) is 4.75. The van der Waals surface area contributed by atoms with Gasteiger partial charge < -0.3 is 15.2 Å². The number of rotatable bonds is 6. The van der Waals surface area contributed by atoms with Crippen molar-refractivity contribution in [2.24, 2.45) is 0 Å². The Morgan fingerprint density at radius 1 is 1.32 bits per heavy atom. The molecule has 0 saturated carbocycles. The van der Waals surface area contributed by atoms with Crippen molar-refractivity contribution in [1.82, 2.24) is 5.32 Å². The van der Waals surface area contributed by atoms with Crippen LogP contribution < -0.4 is 10.1 Å². The van der Waals surface area contributed by atoms with E-state index in [9.17, 15) is 14.0 Å². The zero-order valence-electron chi connectivity index (χ0n) is 10.8. The number of ether oxygens (including phenoxy) is 1. The third-order valence-electron chi connectivity index (χ3n) is 2.25. The molecule has 0 aliphatic rings. The number of nitrogens with one attached hydrogen (secondary N) is 1. The van der Waals surface area contributed by atoms with Crippen LogP contribution in [-0.2, 0) is 9.59 Å². The zero-order valence-corrected chi connectivity index (χ0v) is 10.8. The lowest BCUT2D eigenvalue weighted by Gasteiger charge is -2.24. The zero-order chi connectivity index (χ0) is 14.5. The Bertz CT molecular complexity index is 456. The van der Waals surface area contributed by atoms with Crippen LogP contribution in [0, 0.1) is 5.82 Å². The average molecular weight is 269 g/mol. The molecule has 0 radical (unpaired) electrons. The number of aliphatic carboxylic acids is 1. The molecule has 0 fully saturated rings. The molecule has 104 valence electrons. The van der Waals surface area contributed by atoms with Crippen molar-refractivity contribution in [2.45, 2.75) is 25.8 Å². The van der Waals surface area contributed by atoms with Gasteiger partial charge in [0.15, 0.2) is 6.61 Å². The third-order valence-corrected chi connectivity index (χ3v) is 2.25. The Hall–Kier alpha value is -2.11. The Labute approximate surface area is 110 Å². The maximum Gasteiger partial charge on any atom is 0.305 e. The molecule has 0 aliphatic heterocycles. The maximum absolute atomic E-state index is 12.6. The molecule has 0 bridgehead atoms. The molecular formula is C13H16FNO4. The minimum absolute atomic E-state index is 0.185. The van der Waals surface area contributed by atoms with Crippen molar-refractivity contribution in [1.29, 1.82) is 0 Å². The van der Waals surface area contributed by atoms with Crippen LogP contribution in [0.5, 0.6) is 5.75 Å². The van der Waals surface area contributed by atoms with E-state index in [1.165, 1.54) is 24.3 Å². The van der Waals surface area contributed by atoms with E-state index >= 15 is 0 Å². The molecule has 19 heavy (non-hydrogen) atoms. The molecule has 0 spiro atoms. The molecule has 1 amide bonds. The van der Waals surface area contributed by atoms with Crippen molar-refractivity contribution in [3.05, 3.63) is 30.1 Å². The van der Waals surface area contributed by atoms with Crippen molar-refractivity contribution in [3.63, 3.8) is 0 Å². The highest BCUT2D eigenvalue weighted by Gasteiger charge is 2.23. The first-order valence-electron chi connectivity index (χ1n) is 5.70. The Morgan fingerprint density at radius 3 is 2.42 bits per heavy atom. The van der Waals surface area contributed by atoms with Gasteiger partial charge in [0.1, 0.15) is 11.6 Å². The van der Waals surface area contributed by atoms with Gasteiger partial charge in [-0.05, 0) is 38.1 Å². The average Bonchev–Trinajstić information content (AvgIpc) is 2.25. The summed E-state index contributed by atoms with van der Waals surface area (Å²) in [6, 6.07) is 5.26. The van der Waals surface area contributed by atoms with E-state index in [0.717, 1.165) is 0 Å². The highest BCUT2D eigenvalue weighted by molar-refractivity contribution is 5.79. The van der Waals surface area contributed by atoms with E-state index in [1.807, 2.05) is 0 Å². The van der Waals surface area contributed by atoms with Gasteiger partial charge in [-0.2, -0.15) is 0 Å². The van der Waals surface area contributed by atoms with E-state index in [4.69, 9.17) is 9.84 Å². The number of halogens is 1. The second kappa shape index (κ2) is 6.17. The molecule has 5 nitrogen and oxygen atoms in total. The molecule has 1 aromatic carbocycles. The van der Waals surface area contributed by atoms with Gasteiger partial charge in [-0.25, -0.2) is 4.39 Å². The molecule has 1 aromatic rings. The highest BCUT2D eigenvalue weighted by atomic mass is 19.1. The Balaban J connectivity index is 2.43. The summed E-state index contributed by atoms with van der Waals surface area (Å²) >= 11 is 0. The van der Waals surface area contributed by atoms with Crippen molar-refractivity contribution >= 4 is 11.9 Å². The normalized spacial score (nSPS) is 10.9. The molecule has 0 aromatic heterocycles. The lowest BCUT2D eigenvalue weighted by molar-refractivity contribution is -0.138. The number of benzene rings is 1. The summed E-state index contributed by atoms with van der Waals surface area (Å²) < 4.78 is 17.8. The molecule has 0 aliphatic carbocycles. The van der Waals surface area contributed by atoms with Crippen LogP contribution in [0.4, 0.5) is 4.39 Å². The van der Waals surface area contributed by atoms with Gasteiger partial charge in [-0.1, -0.05) is 0 Å². The Kier molecular flexibility index (Phi) is 4.86. The summed E-state index contributed by atoms with van der Waals surface area (Å²) in [5.74, 6) is -1.45. The van der Waals surface area contributed by atoms with E-state index in [2.05, 4.69) is 5.32 Å². The fourth-order valence-corrected chi connectivity index (χ4v) is 1.52. The molecule has 2 N–H and O–H groups in total. The van der Waals surface area contributed by atoms with Crippen LogP contribution in [0.25, 0.3) is 0 Å². The third kappa shape index (κ3) is 5.85. The van der Waals surface area contributed by atoms with E-state index in [0.29, 0.717) is 5.75 Å². The first-order chi connectivity index (χ1) is 8.78. The molecular weight excluding hydrogens is 253 g/mol. The molecule has 0 atom stereocenters. The standard InChI is InChI=1S/C13H16FNO4/c1-13(2,7-12(17)18)15-11(16)8-19-10-5-3-9(14)4-6-10/h3-6H,7-8H2,1-2H3,(H,15,16)(H,17,18). The number of amides is 1. The van der Waals surface area contributed by atoms with Crippen molar-refractivity contribution in [3.8, 4) is 5.75 Å². The largest absolute Gasteiger partial charge is 0.484 e. The molecule has 6 heteroatoms. The van der Waals surface area contributed by atoms with Gasteiger partial charge >= 0.3 is 5.97 Å². The predicted molar refractivity (Wildman–Crippen MR) is 66.4 cm³/mol. The van der Waals surface area contributed by atoms with Gasteiger partial charge in [-0.3, -0.25) is 9.59 Å². The highest BCUT2D eigenvalue weighted by Crippen LogP contribution is 2.11. The number of hydrogen-bond donors (Lipinski definition) is 2. The molecule has 0 heterocycles. The minimum Gasteiger partial charge on any atom is -0.484 e. The van der Waals surface area contributed by atoms with Crippen LogP contribution in [-0.4, -0.2) is 29.1 Å². The molecule has 0 saturated heterocycles. The van der Waals surface area contributed by atoms with Gasteiger partial charge in [0, 0.05) is 5.54 Å². The topological polar surface area (TPSA) is 75.6 Å². The van der Waals surface area contributed by atoms with Gasteiger partial charge in [-0.15, -0.1) is 0 Å². The van der Waals surface area contributed by atoms with Crippen molar-refractivity contribution in [2.75, 3.05) is 6.61 Å². The second-order valence-electron chi connectivity index (χ2n) is 4.75. The number of carbonyl (C=O) groups is 2. The number of carboxylic acids is 1. The fourth-order valence-electron chi connectivity index (χ4n) is 1.52. The summed E-state index contributed by atoms with van der Waals surface area (Å²) in [5, 5.41) is 11.2. The number of carbonyl (C=O) groups excluding carboxylic acids is 1. The smallest absolute Gasteiger partial charge is 0.305 e. The first kappa shape index (κ1) is 14.9. The van der Waals surface area contributed by atoms with E-state index < -0.39 is 17.4 Å².